The number of nitrogens with zero attached hydrogens (tertiary/aromatic N) is 1. The first-order chi connectivity index (χ1) is 25.9. The first kappa shape index (κ1) is 42.2. The molecule has 2 aliphatic rings. The van der Waals surface area contributed by atoms with E-state index in [2.05, 4.69) is 0 Å². The van der Waals surface area contributed by atoms with Gasteiger partial charge in [-0.05, 0) is 6.07 Å². The van der Waals surface area contributed by atoms with Crippen molar-refractivity contribution in [1.82, 2.24) is 4.57 Å². The Morgan fingerprint density at radius 3 is 1.38 bits per heavy atom. The van der Waals surface area contributed by atoms with Crippen molar-refractivity contribution in [3.05, 3.63) is 36.0 Å². The summed E-state index contributed by atoms with van der Waals surface area (Å²) in [5.74, 6) is -6.33. The lowest BCUT2D eigenvalue weighted by atomic mass is 9.90. The number of ether oxygens (including phenoxy) is 10. The molecule has 1 aromatic heterocycles. The normalized spacial score (nSPS) is 27.5. The second-order valence-electron chi connectivity index (χ2n) is 12.7. The second kappa shape index (κ2) is 18.2. The molecule has 10 atom stereocenters. The van der Waals surface area contributed by atoms with E-state index in [1.807, 2.05) is 0 Å². The third-order valence-electron chi connectivity index (χ3n) is 8.31. The maximum absolute atomic E-state index is 12.6. The van der Waals surface area contributed by atoms with Crippen molar-refractivity contribution >= 4 is 58.7 Å². The zero-order chi connectivity index (χ0) is 40.7. The standard InChI is InChI=1S/C36H43NO18/c1-16(38)46-14-27-30(48-18(3)40)33(51-21(6)43)32(50-20(5)42)29(54-27)25-13-37(26-12-10-9-11-24(25)26)36-35(53-23(8)45)34(52-22(7)44)31(49-19(4)41)28(55-36)15-47-17(2)39/h9-13,27-36H,14-15H2,1-8H3/t27-,28-,29-,30-,31+,32-,33+,34+,35-,36-/m1/s1. The summed E-state index contributed by atoms with van der Waals surface area (Å²) < 4.78 is 58.5. The van der Waals surface area contributed by atoms with Crippen LogP contribution >= 0.6 is 0 Å². The molecule has 0 saturated carbocycles. The summed E-state index contributed by atoms with van der Waals surface area (Å²) in [6.45, 7) is 7.92. The van der Waals surface area contributed by atoms with Crippen molar-refractivity contribution in [3.63, 3.8) is 0 Å². The number of hydrogen-bond acceptors (Lipinski definition) is 18. The molecule has 2 aromatic rings. The molecule has 1 aromatic carbocycles. The SMILES string of the molecule is CC(=O)OC[C@H]1O[C@@H](n2cc([C@H]3O[C@H](COC(C)=O)[C@@H](OC(C)=O)[C@H](OC(C)=O)[C@@H]3OC(C)=O)c3ccccc32)[C@H](OC(C)=O)[C@@H](OC(C)=O)[C@H]1OC(C)=O. The number of carbonyl (C=O) groups is 8. The zero-order valence-electron chi connectivity index (χ0n) is 31.4. The Hall–Kier alpha value is -5.56. The van der Waals surface area contributed by atoms with Crippen molar-refractivity contribution in [2.24, 2.45) is 0 Å². The van der Waals surface area contributed by atoms with Gasteiger partial charge in [-0.1, -0.05) is 18.2 Å². The highest BCUT2D eigenvalue weighted by molar-refractivity contribution is 5.85. The van der Waals surface area contributed by atoms with Crippen LogP contribution in [-0.2, 0) is 85.7 Å². The van der Waals surface area contributed by atoms with E-state index in [0.29, 0.717) is 10.9 Å². The molecule has 3 heterocycles. The molecule has 0 N–H and O–H groups in total. The molecule has 2 aliphatic heterocycles. The molecule has 4 rings (SSSR count). The van der Waals surface area contributed by atoms with Gasteiger partial charge >= 0.3 is 47.8 Å². The summed E-state index contributed by atoms with van der Waals surface area (Å²) in [4.78, 5) is 98.5. The van der Waals surface area contributed by atoms with Gasteiger partial charge in [-0.15, -0.1) is 0 Å². The van der Waals surface area contributed by atoms with Gasteiger partial charge in [0, 0.05) is 72.5 Å². The Kier molecular flexibility index (Phi) is 13.9. The molecule has 0 unspecified atom stereocenters. The fourth-order valence-electron chi connectivity index (χ4n) is 6.58. The average Bonchev–Trinajstić information content (AvgIpc) is 3.44. The number of para-hydroxylation sites is 1. The molecular formula is C36H43NO18. The van der Waals surface area contributed by atoms with E-state index >= 15 is 0 Å². The lowest BCUT2D eigenvalue weighted by molar-refractivity contribution is -0.267. The van der Waals surface area contributed by atoms with Gasteiger partial charge in [-0.2, -0.15) is 0 Å². The van der Waals surface area contributed by atoms with Gasteiger partial charge in [0.05, 0.1) is 5.52 Å². The van der Waals surface area contributed by atoms with E-state index in [4.69, 9.17) is 47.4 Å². The number of carbonyl (C=O) groups excluding carboxylic acids is 8. The van der Waals surface area contributed by atoms with Crippen LogP contribution in [0.2, 0.25) is 0 Å². The van der Waals surface area contributed by atoms with E-state index in [-0.39, 0.29) is 5.56 Å². The number of esters is 8. The van der Waals surface area contributed by atoms with Gasteiger partial charge in [0.1, 0.15) is 31.5 Å². The summed E-state index contributed by atoms with van der Waals surface area (Å²) in [6.07, 6.45) is -12.6. The lowest BCUT2D eigenvalue weighted by Crippen LogP contribution is -2.60. The average molecular weight is 778 g/mol. The second-order valence-corrected chi connectivity index (χ2v) is 12.7. The highest BCUT2D eigenvalue weighted by Crippen LogP contribution is 2.43. The van der Waals surface area contributed by atoms with Crippen LogP contribution in [0.15, 0.2) is 30.5 Å². The topological polar surface area (TPSA) is 234 Å². The Bertz CT molecular complexity index is 1680. The van der Waals surface area contributed by atoms with Gasteiger partial charge in [0.2, 0.25) is 0 Å². The number of fused-ring (bicyclic) bond motifs is 1. The van der Waals surface area contributed by atoms with Crippen molar-refractivity contribution in [3.8, 4) is 0 Å². The lowest BCUT2D eigenvalue weighted by Gasteiger charge is -2.45. The van der Waals surface area contributed by atoms with E-state index in [0.717, 1.165) is 55.4 Å². The monoisotopic (exact) mass is 777 g/mol. The number of benzene rings is 1. The van der Waals surface area contributed by atoms with E-state index in [1.165, 1.54) is 10.8 Å². The van der Waals surface area contributed by atoms with Crippen LogP contribution < -0.4 is 0 Å². The van der Waals surface area contributed by atoms with Gasteiger partial charge in [0.25, 0.3) is 0 Å². The minimum Gasteiger partial charge on any atom is -0.463 e. The van der Waals surface area contributed by atoms with Crippen molar-refractivity contribution in [1.29, 1.82) is 0 Å². The third kappa shape index (κ3) is 10.6. The first-order valence-corrected chi connectivity index (χ1v) is 17.1. The largest absolute Gasteiger partial charge is 0.463 e. The van der Waals surface area contributed by atoms with Crippen molar-refractivity contribution in [2.45, 2.75) is 117 Å². The van der Waals surface area contributed by atoms with E-state index in [9.17, 15) is 38.4 Å². The molecular weight excluding hydrogens is 734 g/mol. The van der Waals surface area contributed by atoms with Gasteiger partial charge in [-0.25, -0.2) is 0 Å². The Morgan fingerprint density at radius 2 is 0.909 bits per heavy atom. The van der Waals surface area contributed by atoms with Crippen molar-refractivity contribution < 1.29 is 85.7 Å². The molecule has 300 valence electrons. The highest BCUT2D eigenvalue weighted by atomic mass is 16.7. The Labute approximate surface area is 314 Å². The van der Waals surface area contributed by atoms with Crippen LogP contribution in [0.25, 0.3) is 10.9 Å². The minimum absolute atomic E-state index is 0.265. The molecule has 0 amide bonds. The predicted molar refractivity (Wildman–Crippen MR) is 180 cm³/mol. The van der Waals surface area contributed by atoms with Crippen LogP contribution in [-0.4, -0.2) is 114 Å². The van der Waals surface area contributed by atoms with Crippen LogP contribution in [0, 0.1) is 0 Å². The smallest absolute Gasteiger partial charge is 0.303 e. The number of hydrogen-bond donors (Lipinski definition) is 0. The summed E-state index contributed by atoms with van der Waals surface area (Å²) in [5, 5.41) is 0.427. The molecule has 0 bridgehead atoms. The summed E-state index contributed by atoms with van der Waals surface area (Å²) >= 11 is 0. The molecule has 19 nitrogen and oxygen atoms in total. The van der Waals surface area contributed by atoms with Crippen LogP contribution in [0.3, 0.4) is 0 Å². The third-order valence-corrected chi connectivity index (χ3v) is 8.31. The fraction of sp³-hybridized carbons (Fsp3) is 0.556. The van der Waals surface area contributed by atoms with E-state index < -0.39 is 122 Å². The quantitative estimate of drug-likeness (QED) is 0.220. The fourth-order valence-corrected chi connectivity index (χ4v) is 6.58. The van der Waals surface area contributed by atoms with Gasteiger partial charge in [-0.3, -0.25) is 38.4 Å². The molecule has 2 saturated heterocycles. The molecule has 55 heavy (non-hydrogen) atoms. The maximum atomic E-state index is 12.6. The minimum atomic E-state index is -1.50. The summed E-state index contributed by atoms with van der Waals surface area (Å²) in [5.41, 5.74) is 0.646. The molecule has 0 aliphatic carbocycles. The number of rotatable bonds is 12. The highest BCUT2D eigenvalue weighted by Gasteiger charge is 2.55. The molecule has 19 heteroatoms. The predicted octanol–water partition coefficient (Wildman–Crippen LogP) is 1.70. The van der Waals surface area contributed by atoms with Gasteiger partial charge in [0.15, 0.2) is 42.9 Å². The molecule has 0 radical (unpaired) electrons. The molecule has 0 spiro atoms. The van der Waals surface area contributed by atoms with Crippen molar-refractivity contribution in [2.75, 3.05) is 13.2 Å². The van der Waals surface area contributed by atoms with E-state index in [1.54, 1.807) is 24.3 Å². The number of aromatic nitrogens is 1. The summed E-state index contributed by atoms with van der Waals surface area (Å²) in [6, 6.07) is 6.66. The Balaban J connectivity index is 1.97. The van der Waals surface area contributed by atoms with Crippen LogP contribution in [0.5, 0.6) is 0 Å². The van der Waals surface area contributed by atoms with Gasteiger partial charge < -0.3 is 51.9 Å². The van der Waals surface area contributed by atoms with Crippen LogP contribution in [0.4, 0.5) is 0 Å². The van der Waals surface area contributed by atoms with Crippen LogP contribution in [0.1, 0.15) is 73.3 Å². The first-order valence-electron chi connectivity index (χ1n) is 17.1. The zero-order valence-corrected chi connectivity index (χ0v) is 31.4. The molecule has 2 fully saturated rings. The Morgan fingerprint density at radius 1 is 0.509 bits per heavy atom. The maximum Gasteiger partial charge on any atom is 0.303 e. The summed E-state index contributed by atoms with van der Waals surface area (Å²) in [7, 11) is 0.